The maximum absolute atomic E-state index is 5.10. The Morgan fingerprint density at radius 2 is 2.29 bits per heavy atom. The lowest BCUT2D eigenvalue weighted by molar-refractivity contribution is 0.228. The van der Waals surface area contributed by atoms with E-state index in [4.69, 9.17) is 4.74 Å². The monoisotopic (exact) mass is 234 g/mol. The first-order valence-electron chi connectivity index (χ1n) is 6.44. The zero-order valence-electron chi connectivity index (χ0n) is 11.0. The SMILES string of the molecule is COc1ccc([C@H]2CCCN2CC(C)C)cn1. The molecule has 0 N–H and O–H groups in total. The Bertz CT molecular complexity index is 348. The number of ether oxygens (including phenoxy) is 1. The molecule has 1 aromatic heterocycles. The van der Waals surface area contributed by atoms with E-state index < -0.39 is 0 Å². The lowest BCUT2D eigenvalue weighted by Gasteiger charge is -2.26. The third-order valence-electron chi connectivity index (χ3n) is 3.32. The molecule has 1 saturated heterocycles. The summed E-state index contributed by atoms with van der Waals surface area (Å²) in [5, 5.41) is 0. The predicted molar refractivity (Wildman–Crippen MR) is 69.2 cm³/mol. The number of rotatable bonds is 4. The second-order valence-electron chi connectivity index (χ2n) is 5.18. The molecule has 0 radical (unpaired) electrons. The van der Waals surface area contributed by atoms with E-state index in [2.05, 4.69) is 29.8 Å². The highest BCUT2D eigenvalue weighted by molar-refractivity contribution is 5.21. The van der Waals surface area contributed by atoms with Crippen molar-refractivity contribution < 1.29 is 4.74 Å². The van der Waals surface area contributed by atoms with Crippen LogP contribution in [-0.4, -0.2) is 30.1 Å². The number of methoxy groups -OCH3 is 1. The van der Waals surface area contributed by atoms with E-state index in [-0.39, 0.29) is 0 Å². The predicted octanol–water partition coefficient (Wildman–Crippen LogP) is 2.88. The van der Waals surface area contributed by atoms with Crippen LogP contribution in [0.5, 0.6) is 5.88 Å². The van der Waals surface area contributed by atoms with Gasteiger partial charge in [0.1, 0.15) is 0 Å². The van der Waals surface area contributed by atoms with Gasteiger partial charge in [0.2, 0.25) is 5.88 Å². The summed E-state index contributed by atoms with van der Waals surface area (Å²) in [4.78, 5) is 6.88. The fraction of sp³-hybridized carbons (Fsp3) is 0.643. The molecule has 0 saturated carbocycles. The number of aromatic nitrogens is 1. The van der Waals surface area contributed by atoms with Gasteiger partial charge in [-0.25, -0.2) is 4.98 Å². The molecular weight excluding hydrogens is 212 g/mol. The maximum Gasteiger partial charge on any atom is 0.212 e. The highest BCUT2D eigenvalue weighted by atomic mass is 16.5. The number of nitrogens with zero attached hydrogens (tertiary/aromatic N) is 2. The summed E-state index contributed by atoms with van der Waals surface area (Å²) in [7, 11) is 1.66. The van der Waals surface area contributed by atoms with Crippen LogP contribution in [0.1, 0.15) is 38.3 Å². The minimum absolute atomic E-state index is 0.552. The first kappa shape index (κ1) is 12.4. The van der Waals surface area contributed by atoms with Crippen molar-refractivity contribution in [1.29, 1.82) is 0 Å². The number of hydrogen-bond acceptors (Lipinski definition) is 3. The summed E-state index contributed by atoms with van der Waals surface area (Å²) in [5.41, 5.74) is 1.32. The van der Waals surface area contributed by atoms with Gasteiger partial charge in [-0.3, -0.25) is 4.90 Å². The zero-order chi connectivity index (χ0) is 12.3. The molecule has 0 spiro atoms. The summed E-state index contributed by atoms with van der Waals surface area (Å²) < 4.78 is 5.10. The van der Waals surface area contributed by atoms with Crippen LogP contribution < -0.4 is 4.74 Å². The van der Waals surface area contributed by atoms with Crippen molar-refractivity contribution in [3.8, 4) is 5.88 Å². The van der Waals surface area contributed by atoms with E-state index in [1.54, 1.807) is 7.11 Å². The summed E-state index contributed by atoms with van der Waals surface area (Å²) >= 11 is 0. The van der Waals surface area contributed by atoms with Crippen molar-refractivity contribution in [3.05, 3.63) is 23.9 Å². The van der Waals surface area contributed by atoms with E-state index in [1.807, 2.05) is 12.3 Å². The topological polar surface area (TPSA) is 25.4 Å². The fourth-order valence-corrected chi connectivity index (χ4v) is 2.60. The van der Waals surface area contributed by atoms with Gasteiger partial charge in [0, 0.05) is 24.8 Å². The third-order valence-corrected chi connectivity index (χ3v) is 3.32. The second-order valence-corrected chi connectivity index (χ2v) is 5.18. The summed E-state index contributed by atoms with van der Waals surface area (Å²) in [6, 6.07) is 4.66. The average molecular weight is 234 g/mol. The van der Waals surface area contributed by atoms with E-state index in [1.165, 1.54) is 31.5 Å². The molecule has 0 aliphatic carbocycles. The zero-order valence-corrected chi connectivity index (χ0v) is 11.0. The molecular formula is C14H22N2O. The molecule has 3 heteroatoms. The van der Waals surface area contributed by atoms with Gasteiger partial charge in [-0.2, -0.15) is 0 Å². The minimum atomic E-state index is 0.552. The molecule has 17 heavy (non-hydrogen) atoms. The van der Waals surface area contributed by atoms with E-state index in [9.17, 15) is 0 Å². The number of hydrogen-bond donors (Lipinski definition) is 0. The van der Waals surface area contributed by atoms with Crippen LogP contribution in [0.2, 0.25) is 0 Å². The number of pyridine rings is 1. The van der Waals surface area contributed by atoms with Crippen LogP contribution in [0.3, 0.4) is 0 Å². The van der Waals surface area contributed by atoms with Crippen LogP contribution in [0.15, 0.2) is 18.3 Å². The van der Waals surface area contributed by atoms with Crippen molar-refractivity contribution in [3.63, 3.8) is 0 Å². The van der Waals surface area contributed by atoms with Crippen LogP contribution in [-0.2, 0) is 0 Å². The highest BCUT2D eigenvalue weighted by Gasteiger charge is 2.26. The normalized spacial score (nSPS) is 21.1. The molecule has 3 nitrogen and oxygen atoms in total. The van der Waals surface area contributed by atoms with Gasteiger partial charge in [0.15, 0.2) is 0 Å². The minimum Gasteiger partial charge on any atom is -0.481 e. The highest BCUT2D eigenvalue weighted by Crippen LogP contribution is 2.32. The lowest BCUT2D eigenvalue weighted by atomic mass is 10.1. The Labute approximate surface area is 104 Å². The Morgan fingerprint density at radius 3 is 2.88 bits per heavy atom. The van der Waals surface area contributed by atoms with Gasteiger partial charge in [0.05, 0.1) is 7.11 Å². The van der Waals surface area contributed by atoms with Crippen molar-refractivity contribution in [1.82, 2.24) is 9.88 Å². The molecule has 1 aliphatic heterocycles. The van der Waals surface area contributed by atoms with Crippen LogP contribution in [0, 0.1) is 5.92 Å². The van der Waals surface area contributed by atoms with E-state index >= 15 is 0 Å². The molecule has 1 aliphatic rings. The smallest absolute Gasteiger partial charge is 0.212 e. The largest absolute Gasteiger partial charge is 0.481 e. The molecule has 0 bridgehead atoms. The second kappa shape index (κ2) is 5.50. The average Bonchev–Trinajstić information content (AvgIpc) is 2.76. The molecule has 1 aromatic rings. The lowest BCUT2D eigenvalue weighted by Crippen LogP contribution is -2.27. The molecule has 2 heterocycles. The molecule has 1 fully saturated rings. The molecule has 0 unspecified atom stereocenters. The Kier molecular flexibility index (Phi) is 4.00. The van der Waals surface area contributed by atoms with Gasteiger partial charge in [-0.15, -0.1) is 0 Å². The Hall–Kier alpha value is -1.09. The first-order chi connectivity index (χ1) is 8.20. The van der Waals surface area contributed by atoms with E-state index in [0.717, 1.165) is 5.92 Å². The maximum atomic E-state index is 5.10. The van der Waals surface area contributed by atoms with Crippen molar-refractivity contribution in [2.45, 2.75) is 32.7 Å². The van der Waals surface area contributed by atoms with Gasteiger partial charge in [-0.1, -0.05) is 19.9 Å². The molecule has 94 valence electrons. The van der Waals surface area contributed by atoms with Crippen molar-refractivity contribution in [2.75, 3.05) is 20.2 Å². The molecule has 0 amide bonds. The summed E-state index contributed by atoms with van der Waals surface area (Å²) in [5.74, 6) is 1.42. The molecule has 1 atom stereocenters. The first-order valence-corrected chi connectivity index (χ1v) is 6.44. The van der Waals surface area contributed by atoms with Crippen molar-refractivity contribution in [2.24, 2.45) is 5.92 Å². The molecule has 0 aromatic carbocycles. The van der Waals surface area contributed by atoms with Crippen molar-refractivity contribution >= 4 is 0 Å². The van der Waals surface area contributed by atoms with E-state index in [0.29, 0.717) is 11.9 Å². The molecule has 2 rings (SSSR count). The Balaban J connectivity index is 2.08. The standard InChI is InChI=1S/C14H22N2O/c1-11(2)10-16-8-4-5-13(16)12-6-7-14(17-3)15-9-12/h6-7,9,11,13H,4-5,8,10H2,1-3H3/t13-/m1/s1. The van der Waals surface area contributed by atoms with Gasteiger partial charge >= 0.3 is 0 Å². The van der Waals surface area contributed by atoms with Crippen LogP contribution >= 0.6 is 0 Å². The summed E-state index contributed by atoms with van der Waals surface area (Å²) in [6.45, 7) is 6.95. The quantitative estimate of drug-likeness (QED) is 0.801. The number of likely N-dealkylation sites (tertiary alicyclic amines) is 1. The van der Waals surface area contributed by atoms with Gasteiger partial charge < -0.3 is 4.74 Å². The van der Waals surface area contributed by atoms with Gasteiger partial charge in [-0.05, 0) is 30.9 Å². The fourth-order valence-electron chi connectivity index (χ4n) is 2.60. The van der Waals surface area contributed by atoms with Gasteiger partial charge in [0.25, 0.3) is 0 Å². The van der Waals surface area contributed by atoms with Crippen LogP contribution in [0.25, 0.3) is 0 Å². The Morgan fingerprint density at radius 1 is 1.47 bits per heavy atom. The third kappa shape index (κ3) is 2.97. The van der Waals surface area contributed by atoms with Crippen LogP contribution in [0.4, 0.5) is 0 Å². The summed E-state index contributed by atoms with van der Waals surface area (Å²) in [6.07, 6.45) is 4.51.